The molecule has 0 saturated carbocycles. The van der Waals surface area contributed by atoms with Crippen molar-refractivity contribution in [2.45, 2.75) is 19.8 Å². The van der Waals surface area contributed by atoms with Crippen LogP contribution in [0, 0.1) is 28.9 Å². The predicted molar refractivity (Wildman–Crippen MR) is 76.8 cm³/mol. The molecule has 22 heavy (non-hydrogen) atoms. The van der Waals surface area contributed by atoms with Crippen LogP contribution >= 0.6 is 0 Å². The van der Waals surface area contributed by atoms with Crippen LogP contribution in [0.4, 0.5) is 11.4 Å². The lowest BCUT2D eigenvalue weighted by atomic mass is 9.82. The van der Waals surface area contributed by atoms with E-state index < -0.39 is 28.6 Å². The van der Waals surface area contributed by atoms with E-state index in [2.05, 4.69) is 5.32 Å². The predicted octanol–water partition coefficient (Wildman–Crippen LogP) is 1.17. The molecule has 0 saturated heterocycles. The molecule has 0 unspecified atom stereocenters. The molecule has 0 bridgehead atoms. The van der Waals surface area contributed by atoms with Gasteiger partial charge in [0.05, 0.1) is 10.8 Å². The van der Waals surface area contributed by atoms with Gasteiger partial charge in [-0.15, -0.1) is 0 Å². The topological polar surface area (TPSA) is 112 Å². The van der Waals surface area contributed by atoms with Crippen LogP contribution in [0.5, 0.6) is 0 Å². The van der Waals surface area contributed by atoms with Gasteiger partial charge in [0.15, 0.2) is 0 Å². The number of aliphatic carboxylic acids is 1. The molecule has 1 amide bonds. The Kier molecular flexibility index (Phi) is 4.55. The van der Waals surface area contributed by atoms with E-state index in [1.165, 1.54) is 12.1 Å². The van der Waals surface area contributed by atoms with Crippen LogP contribution in [0.1, 0.15) is 18.4 Å². The highest BCUT2D eigenvalue weighted by Crippen LogP contribution is 2.28. The van der Waals surface area contributed by atoms with Gasteiger partial charge in [-0.05, 0) is 25.8 Å². The third kappa shape index (κ3) is 3.30. The molecule has 0 aliphatic heterocycles. The summed E-state index contributed by atoms with van der Waals surface area (Å²) < 4.78 is 0. The Balaban J connectivity index is 2.18. The molecule has 116 valence electrons. The molecule has 0 fully saturated rings. The highest BCUT2D eigenvalue weighted by molar-refractivity contribution is 5.95. The molecule has 7 heteroatoms. The molecule has 0 aromatic heterocycles. The Morgan fingerprint density at radius 1 is 1.23 bits per heavy atom. The van der Waals surface area contributed by atoms with Gasteiger partial charge >= 0.3 is 0 Å². The molecular formula is C15H15N2O5-. The van der Waals surface area contributed by atoms with E-state index in [1.54, 1.807) is 25.1 Å². The Morgan fingerprint density at radius 3 is 2.45 bits per heavy atom. The fourth-order valence-corrected chi connectivity index (χ4v) is 2.48. The number of benzene rings is 1. The summed E-state index contributed by atoms with van der Waals surface area (Å²) in [6, 6.07) is 4.34. The molecule has 1 N–H and O–H groups in total. The van der Waals surface area contributed by atoms with E-state index in [-0.39, 0.29) is 17.8 Å². The lowest BCUT2D eigenvalue weighted by molar-refractivity contribution is -0.385. The number of allylic oxidation sites excluding steroid dienone is 2. The summed E-state index contributed by atoms with van der Waals surface area (Å²) in [5.74, 6) is -3.36. The first-order chi connectivity index (χ1) is 10.4. The summed E-state index contributed by atoms with van der Waals surface area (Å²) in [5.41, 5.74) is 0.656. The number of nitrogens with one attached hydrogen (secondary N) is 1. The number of carbonyl (C=O) groups excluding carboxylic acids is 2. The van der Waals surface area contributed by atoms with Crippen molar-refractivity contribution in [3.8, 4) is 0 Å². The minimum atomic E-state index is -1.26. The molecule has 7 nitrogen and oxygen atoms in total. The van der Waals surface area contributed by atoms with Crippen molar-refractivity contribution in [3.63, 3.8) is 0 Å². The Labute approximate surface area is 126 Å². The monoisotopic (exact) mass is 303 g/mol. The van der Waals surface area contributed by atoms with E-state index in [4.69, 9.17) is 0 Å². The second kappa shape index (κ2) is 6.38. The summed E-state index contributed by atoms with van der Waals surface area (Å²) in [6.45, 7) is 1.60. The number of amides is 1. The number of hydrogen-bond donors (Lipinski definition) is 1. The van der Waals surface area contributed by atoms with Crippen LogP contribution < -0.4 is 10.4 Å². The van der Waals surface area contributed by atoms with Crippen molar-refractivity contribution in [1.82, 2.24) is 0 Å². The van der Waals surface area contributed by atoms with Crippen LogP contribution in [0.3, 0.4) is 0 Å². The average Bonchev–Trinajstić information content (AvgIpc) is 2.48. The van der Waals surface area contributed by atoms with E-state index in [9.17, 15) is 24.8 Å². The van der Waals surface area contributed by atoms with Crippen LogP contribution in [0.25, 0.3) is 0 Å². The number of rotatable bonds is 4. The van der Waals surface area contributed by atoms with Gasteiger partial charge in [0, 0.05) is 29.2 Å². The second-order valence-electron chi connectivity index (χ2n) is 5.22. The number of carbonyl (C=O) groups is 2. The smallest absolute Gasteiger partial charge is 0.274 e. The largest absolute Gasteiger partial charge is 0.550 e. The number of hydrogen-bond acceptors (Lipinski definition) is 5. The number of aryl methyl sites for hydroxylation is 1. The van der Waals surface area contributed by atoms with Crippen molar-refractivity contribution in [3.05, 3.63) is 46.0 Å². The van der Waals surface area contributed by atoms with Gasteiger partial charge in [-0.2, -0.15) is 0 Å². The molecule has 1 aliphatic rings. The maximum Gasteiger partial charge on any atom is 0.274 e. The van der Waals surface area contributed by atoms with E-state index in [1.807, 2.05) is 0 Å². The van der Waals surface area contributed by atoms with Gasteiger partial charge in [-0.3, -0.25) is 14.9 Å². The first-order valence-electron chi connectivity index (χ1n) is 6.82. The van der Waals surface area contributed by atoms with Gasteiger partial charge in [0.1, 0.15) is 0 Å². The van der Waals surface area contributed by atoms with Crippen molar-refractivity contribution in [2.75, 3.05) is 5.32 Å². The van der Waals surface area contributed by atoms with Gasteiger partial charge in [0.25, 0.3) is 5.69 Å². The number of nitro benzene ring substituents is 1. The molecule has 2 rings (SSSR count). The maximum absolute atomic E-state index is 12.2. The van der Waals surface area contributed by atoms with Crippen molar-refractivity contribution < 1.29 is 19.6 Å². The van der Waals surface area contributed by atoms with Crippen LogP contribution in [-0.2, 0) is 9.59 Å². The van der Waals surface area contributed by atoms with E-state index >= 15 is 0 Å². The third-order valence-electron chi connectivity index (χ3n) is 3.75. The quantitative estimate of drug-likeness (QED) is 0.509. The highest BCUT2D eigenvalue weighted by atomic mass is 16.6. The summed E-state index contributed by atoms with van der Waals surface area (Å²) in [4.78, 5) is 33.7. The van der Waals surface area contributed by atoms with Crippen LogP contribution in [0.2, 0.25) is 0 Å². The van der Waals surface area contributed by atoms with Crippen molar-refractivity contribution in [1.29, 1.82) is 0 Å². The van der Waals surface area contributed by atoms with Crippen molar-refractivity contribution in [2.24, 2.45) is 11.8 Å². The summed E-state index contributed by atoms with van der Waals surface area (Å²) in [6.07, 6.45) is 4.01. The number of nitrogens with zero attached hydrogens (tertiary/aromatic N) is 1. The zero-order valence-corrected chi connectivity index (χ0v) is 11.9. The first kappa shape index (κ1) is 15.7. The van der Waals surface area contributed by atoms with Gasteiger partial charge < -0.3 is 15.2 Å². The van der Waals surface area contributed by atoms with Gasteiger partial charge in [0.2, 0.25) is 5.91 Å². The number of nitro groups is 1. The van der Waals surface area contributed by atoms with Gasteiger partial charge in [-0.25, -0.2) is 0 Å². The lowest BCUT2D eigenvalue weighted by Gasteiger charge is -2.28. The van der Waals surface area contributed by atoms with E-state index in [0.29, 0.717) is 12.0 Å². The van der Waals surface area contributed by atoms with Crippen LogP contribution in [0.15, 0.2) is 30.4 Å². The normalized spacial score (nSPS) is 20.4. The summed E-state index contributed by atoms with van der Waals surface area (Å²) in [7, 11) is 0. The molecule has 0 spiro atoms. The first-order valence-corrected chi connectivity index (χ1v) is 6.82. The zero-order valence-electron chi connectivity index (χ0n) is 11.9. The zero-order chi connectivity index (χ0) is 16.3. The highest BCUT2D eigenvalue weighted by Gasteiger charge is 2.30. The number of anilines is 1. The third-order valence-corrected chi connectivity index (χ3v) is 3.75. The lowest BCUT2D eigenvalue weighted by Crippen LogP contribution is -2.41. The standard InChI is InChI=1S/C15H16N2O5/c1-9-6-7-10(8-13(9)17(21)22)16-14(18)11-4-2-3-5-12(11)15(19)20/h2-3,6-8,11-12H,4-5H2,1H3,(H,16,18)(H,19,20)/p-1/t11-,12+/m0/s1. The molecular weight excluding hydrogens is 288 g/mol. The molecule has 0 radical (unpaired) electrons. The van der Waals surface area contributed by atoms with Crippen LogP contribution in [-0.4, -0.2) is 16.8 Å². The minimum Gasteiger partial charge on any atom is -0.550 e. The van der Waals surface area contributed by atoms with E-state index in [0.717, 1.165) is 0 Å². The molecule has 1 aliphatic carbocycles. The Morgan fingerprint density at radius 2 is 1.86 bits per heavy atom. The molecule has 1 aromatic rings. The fraction of sp³-hybridized carbons (Fsp3) is 0.333. The summed E-state index contributed by atoms with van der Waals surface area (Å²) >= 11 is 0. The molecule has 1 aromatic carbocycles. The number of carboxylic acid groups (broad SMARTS) is 1. The fourth-order valence-electron chi connectivity index (χ4n) is 2.48. The average molecular weight is 303 g/mol. The molecule has 2 atom stereocenters. The van der Waals surface area contributed by atoms with Gasteiger partial charge in [-0.1, -0.05) is 18.2 Å². The maximum atomic E-state index is 12.2. The molecule has 0 heterocycles. The minimum absolute atomic E-state index is 0.0993. The van der Waals surface area contributed by atoms with Crippen molar-refractivity contribution >= 4 is 23.3 Å². The Bertz CT molecular complexity index is 653. The Hall–Kier alpha value is -2.70. The summed E-state index contributed by atoms with van der Waals surface area (Å²) in [5, 5.41) is 24.5. The SMILES string of the molecule is Cc1ccc(NC(=O)[C@H]2CC=CC[C@H]2C(=O)[O-])cc1[N+](=O)[O-]. The number of carboxylic acids is 1. The second-order valence-corrected chi connectivity index (χ2v) is 5.22.